The third-order valence-electron chi connectivity index (χ3n) is 0.671. The summed E-state index contributed by atoms with van der Waals surface area (Å²) in [5.74, 6) is -0.279. The summed E-state index contributed by atoms with van der Waals surface area (Å²) in [6, 6.07) is 0. The second kappa shape index (κ2) is 6.62. The monoisotopic (exact) mass is 202 g/mol. The van der Waals surface area contributed by atoms with Crippen molar-refractivity contribution in [1.82, 2.24) is 0 Å². The van der Waals surface area contributed by atoms with E-state index in [2.05, 4.69) is 11.3 Å². The van der Waals surface area contributed by atoms with Crippen molar-refractivity contribution in [3.05, 3.63) is 18.4 Å². The largest absolute Gasteiger partial charge is 1.00 e. The minimum atomic E-state index is -4.16. The van der Waals surface area contributed by atoms with E-state index in [1.165, 1.54) is 0 Å². The van der Waals surface area contributed by atoms with Crippen LogP contribution in [-0.2, 0) is 19.6 Å². The van der Waals surface area contributed by atoms with E-state index in [1.54, 1.807) is 0 Å². The summed E-state index contributed by atoms with van der Waals surface area (Å²) in [5, 5.41) is 0. The molecule has 0 aliphatic rings. The van der Waals surface area contributed by atoms with Crippen molar-refractivity contribution >= 4 is 16.1 Å². The van der Waals surface area contributed by atoms with Gasteiger partial charge >= 0.3 is 35.5 Å². The average Bonchev–Trinajstić information content (AvgIpc) is 1.85. The normalized spacial score (nSPS) is 9.75. The van der Waals surface area contributed by atoms with E-state index in [-0.39, 0.29) is 29.6 Å². The van der Waals surface area contributed by atoms with Crippen LogP contribution in [0.15, 0.2) is 12.7 Å². The summed E-state index contributed by atoms with van der Waals surface area (Å²) in [5.41, 5.74) is 0. The molecule has 0 radical (unpaired) electrons. The Kier molecular flexibility index (Phi) is 8.07. The molecule has 7 heteroatoms. The first kappa shape index (κ1) is 14.6. The van der Waals surface area contributed by atoms with Crippen LogP contribution in [0.3, 0.4) is 0 Å². The zero-order chi connectivity index (χ0) is 8.91. The second-order valence-electron chi connectivity index (χ2n) is 1.52. The first-order chi connectivity index (χ1) is 4.95. The van der Waals surface area contributed by atoms with Crippen molar-refractivity contribution in [2.24, 2.45) is 0 Å². The van der Waals surface area contributed by atoms with Gasteiger partial charge in [-0.2, -0.15) is 0 Å². The quantitative estimate of drug-likeness (QED) is 0.170. The van der Waals surface area contributed by atoms with Crippen LogP contribution in [0.2, 0.25) is 0 Å². The van der Waals surface area contributed by atoms with Gasteiger partial charge in [-0.3, -0.25) is 0 Å². The van der Waals surface area contributed by atoms with Gasteiger partial charge in [-0.15, -0.1) is 5.75 Å². The minimum absolute atomic E-state index is 0. The van der Waals surface area contributed by atoms with Gasteiger partial charge < -0.3 is 9.29 Å². The van der Waals surface area contributed by atoms with Crippen molar-refractivity contribution in [2.45, 2.75) is 0 Å². The minimum Gasteiger partial charge on any atom is -0.494 e. The van der Waals surface area contributed by atoms with Gasteiger partial charge in [0, 0.05) is 6.08 Å². The Morgan fingerprint density at radius 3 is 2.50 bits per heavy atom. The summed E-state index contributed by atoms with van der Waals surface area (Å²) in [7, 11) is -4.16. The maximum absolute atomic E-state index is 10.3. The van der Waals surface area contributed by atoms with Gasteiger partial charge in [-0.25, -0.2) is 13.2 Å². The molecule has 0 aliphatic carbocycles. The fourth-order valence-corrected chi connectivity index (χ4v) is 0.501. The van der Waals surface area contributed by atoms with Gasteiger partial charge in [0.05, 0.1) is 0 Å². The van der Waals surface area contributed by atoms with Gasteiger partial charge in [0.1, 0.15) is 10.1 Å². The molecule has 0 spiro atoms. The van der Waals surface area contributed by atoms with Crippen molar-refractivity contribution in [1.29, 1.82) is 0 Å². The molecule has 0 aromatic rings. The van der Waals surface area contributed by atoms with Crippen LogP contribution in [0, 0.1) is 5.75 Å². The summed E-state index contributed by atoms with van der Waals surface area (Å²) in [6.07, 6.45) is 0.887. The standard InChI is InChI=1S/C5H7O5S.Na/c1-2-5(6)10-3-4-11(7,8)9;/h2,4H,1,3H2,(H,7,8,9);/q-1;+1. The van der Waals surface area contributed by atoms with Crippen LogP contribution in [0.25, 0.3) is 0 Å². The fraction of sp³-hybridized carbons (Fsp3) is 0.200. The Bertz CT molecular complexity index is 245. The molecule has 1 N–H and O–H groups in total. The second-order valence-corrected chi connectivity index (χ2v) is 2.88. The number of esters is 1. The summed E-state index contributed by atoms with van der Waals surface area (Å²) in [4.78, 5) is 10.3. The molecule has 0 fully saturated rings. The van der Waals surface area contributed by atoms with E-state index in [1.807, 2.05) is 0 Å². The number of hydrogen-bond acceptors (Lipinski definition) is 4. The van der Waals surface area contributed by atoms with Crippen LogP contribution in [-0.4, -0.2) is 25.5 Å². The summed E-state index contributed by atoms with van der Waals surface area (Å²) in [6.45, 7) is 2.59. The van der Waals surface area contributed by atoms with Crippen LogP contribution < -0.4 is 29.6 Å². The van der Waals surface area contributed by atoms with E-state index in [0.717, 1.165) is 6.08 Å². The molecule has 0 amide bonds. The smallest absolute Gasteiger partial charge is 0.494 e. The number of hydrogen-bond donors (Lipinski definition) is 1. The molecule has 0 saturated carbocycles. The average molecular weight is 202 g/mol. The van der Waals surface area contributed by atoms with Crippen LogP contribution in [0.1, 0.15) is 0 Å². The van der Waals surface area contributed by atoms with Gasteiger partial charge in [0.25, 0.3) is 0 Å². The molecule has 0 bridgehead atoms. The number of ether oxygens (including phenoxy) is 1. The number of carbonyl (C=O) groups is 1. The molecule has 5 nitrogen and oxygen atoms in total. The van der Waals surface area contributed by atoms with Gasteiger partial charge in [-0.05, 0) is 6.61 Å². The van der Waals surface area contributed by atoms with Crippen LogP contribution >= 0.6 is 0 Å². The Morgan fingerprint density at radius 1 is 1.67 bits per heavy atom. The van der Waals surface area contributed by atoms with E-state index >= 15 is 0 Å². The predicted molar refractivity (Wildman–Crippen MR) is 37.0 cm³/mol. The maximum Gasteiger partial charge on any atom is 1.00 e. The zero-order valence-electron chi connectivity index (χ0n) is 6.56. The topological polar surface area (TPSA) is 80.7 Å². The Morgan fingerprint density at radius 2 is 2.17 bits per heavy atom. The summed E-state index contributed by atoms with van der Waals surface area (Å²) < 4.78 is 32.3. The molecule has 64 valence electrons. The Balaban J connectivity index is 0. The molecule has 0 aromatic heterocycles. The molecule has 0 unspecified atom stereocenters. The molecular formula is C5H7NaO5S. The Hall–Kier alpha value is 0.120. The molecule has 0 aliphatic heterocycles. The van der Waals surface area contributed by atoms with Crippen molar-refractivity contribution in [2.75, 3.05) is 6.61 Å². The van der Waals surface area contributed by atoms with Crippen LogP contribution in [0.4, 0.5) is 0 Å². The Labute approximate surface area is 92.8 Å². The van der Waals surface area contributed by atoms with Gasteiger partial charge in [0.15, 0.2) is 0 Å². The first-order valence-electron chi connectivity index (χ1n) is 2.55. The molecule has 0 atom stereocenters. The molecule has 12 heavy (non-hydrogen) atoms. The maximum atomic E-state index is 10.3. The molecular weight excluding hydrogens is 195 g/mol. The molecule has 0 saturated heterocycles. The van der Waals surface area contributed by atoms with E-state index < -0.39 is 22.7 Å². The van der Waals surface area contributed by atoms with Crippen LogP contribution in [0.5, 0.6) is 0 Å². The third-order valence-corrected chi connectivity index (χ3v) is 1.23. The number of rotatable bonds is 4. The summed E-state index contributed by atoms with van der Waals surface area (Å²) >= 11 is 0. The number of carbonyl (C=O) groups excluding carboxylic acids is 1. The molecule has 0 aromatic carbocycles. The van der Waals surface area contributed by atoms with Crippen molar-refractivity contribution < 1.29 is 52.1 Å². The van der Waals surface area contributed by atoms with E-state index in [9.17, 15) is 13.2 Å². The van der Waals surface area contributed by atoms with Crippen molar-refractivity contribution in [3.8, 4) is 0 Å². The molecule has 0 rings (SSSR count). The van der Waals surface area contributed by atoms with E-state index in [0.29, 0.717) is 5.75 Å². The fourth-order valence-electron chi connectivity index (χ4n) is 0.261. The van der Waals surface area contributed by atoms with Gasteiger partial charge in [-0.1, -0.05) is 6.58 Å². The van der Waals surface area contributed by atoms with Gasteiger partial charge in [0.2, 0.25) is 0 Å². The van der Waals surface area contributed by atoms with Crippen molar-refractivity contribution in [3.63, 3.8) is 0 Å². The van der Waals surface area contributed by atoms with E-state index in [4.69, 9.17) is 4.55 Å². The SMILES string of the molecule is C=CC(=O)OC[CH-]S(=O)(=O)O.[Na+]. The third kappa shape index (κ3) is 10.1. The predicted octanol–water partition coefficient (Wildman–Crippen LogP) is -3.23. The first-order valence-corrected chi connectivity index (χ1v) is 4.06. The molecule has 0 heterocycles. The zero-order valence-corrected chi connectivity index (χ0v) is 9.37.